The van der Waals surface area contributed by atoms with E-state index in [1.807, 2.05) is 18.2 Å². The second kappa shape index (κ2) is 5.79. The minimum absolute atomic E-state index is 0.414. The second-order valence-electron chi connectivity index (χ2n) is 5.05. The number of nitrogens with one attached hydrogen (secondary N) is 1. The van der Waals surface area contributed by atoms with Gasteiger partial charge in [-0.2, -0.15) is 0 Å². The molecule has 1 atom stereocenters. The van der Waals surface area contributed by atoms with Crippen LogP contribution in [0.4, 0.5) is 5.82 Å². The molecule has 0 amide bonds. The maximum Gasteiger partial charge on any atom is 0.138 e. The molecule has 0 spiro atoms. The number of anilines is 1. The van der Waals surface area contributed by atoms with Gasteiger partial charge in [-0.25, -0.2) is 9.97 Å². The normalized spacial score (nSPS) is 12.5. The molecule has 0 aliphatic carbocycles. The van der Waals surface area contributed by atoms with Gasteiger partial charge in [0.2, 0.25) is 0 Å². The van der Waals surface area contributed by atoms with E-state index in [9.17, 15) is 5.11 Å². The summed E-state index contributed by atoms with van der Waals surface area (Å²) in [7, 11) is 0. The summed E-state index contributed by atoms with van der Waals surface area (Å²) in [6, 6.07) is 10.3. The molecule has 2 aromatic heterocycles. The number of aliphatic hydroxyl groups is 1. The molecule has 0 unspecified atom stereocenters. The Morgan fingerprint density at radius 2 is 2.00 bits per heavy atom. The molecule has 2 heterocycles. The largest absolute Gasteiger partial charge is 0.392 e. The van der Waals surface area contributed by atoms with E-state index < -0.39 is 6.10 Å². The molecule has 21 heavy (non-hydrogen) atoms. The fourth-order valence-corrected chi connectivity index (χ4v) is 3.47. The monoisotopic (exact) mass is 299 g/mol. The van der Waals surface area contributed by atoms with Gasteiger partial charge in [-0.15, -0.1) is 11.3 Å². The molecule has 0 radical (unpaired) electrons. The van der Waals surface area contributed by atoms with Gasteiger partial charge in [-0.1, -0.05) is 30.3 Å². The average molecular weight is 299 g/mol. The number of aromatic nitrogens is 2. The summed E-state index contributed by atoms with van der Waals surface area (Å²) in [5.41, 5.74) is 2.37. The number of aliphatic hydroxyl groups excluding tert-OH is 1. The first-order valence-electron chi connectivity index (χ1n) is 6.88. The van der Waals surface area contributed by atoms with E-state index >= 15 is 0 Å². The quantitative estimate of drug-likeness (QED) is 0.774. The van der Waals surface area contributed by atoms with Gasteiger partial charge < -0.3 is 10.4 Å². The van der Waals surface area contributed by atoms with E-state index in [4.69, 9.17) is 0 Å². The molecule has 1 aromatic carbocycles. The number of hydrogen-bond donors (Lipinski definition) is 2. The fraction of sp³-hybridized carbons (Fsp3) is 0.250. The Balaban J connectivity index is 2.10. The minimum Gasteiger partial charge on any atom is -0.392 e. The standard InChI is InChI=1S/C16H17N3OS/c1-10(20)8-17-15-13-11(2)14(12-6-4-3-5-7-12)21-16(13)19-9-18-15/h3-7,9-10,20H,8H2,1-2H3,(H,17,18,19)/t10-/m1/s1. The van der Waals surface area contributed by atoms with E-state index in [0.717, 1.165) is 16.0 Å². The van der Waals surface area contributed by atoms with Crippen molar-refractivity contribution in [2.24, 2.45) is 0 Å². The summed E-state index contributed by atoms with van der Waals surface area (Å²) in [4.78, 5) is 10.9. The molecule has 2 N–H and O–H groups in total. The van der Waals surface area contributed by atoms with Gasteiger partial charge in [0.25, 0.3) is 0 Å². The highest BCUT2D eigenvalue weighted by atomic mass is 32.1. The van der Waals surface area contributed by atoms with E-state index in [-0.39, 0.29) is 0 Å². The molecule has 3 aromatic rings. The van der Waals surface area contributed by atoms with Crippen LogP contribution in [0.3, 0.4) is 0 Å². The van der Waals surface area contributed by atoms with Crippen LogP contribution in [0, 0.1) is 6.92 Å². The first-order chi connectivity index (χ1) is 10.2. The number of hydrogen-bond acceptors (Lipinski definition) is 5. The third kappa shape index (κ3) is 2.75. The molecule has 0 aliphatic rings. The van der Waals surface area contributed by atoms with Crippen LogP contribution in [0.1, 0.15) is 12.5 Å². The lowest BCUT2D eigenvalue weighted by Crippen LogP contribution is -2.16. The van der Waals surface area contributed by atoms with Crippen LogP contribution in [-0.2, 0) is 0 Å². The van der Waals surface area contributed by atoms with Gasteiger partial charge in [0.05, 0.1) is 11.5 Å². The van der Waals surface area contributed by atoms with Crippen LogP contribution < -0.4 is 5.32 Å². The number of fused-ring (bicyclic) bond motifs is 1. The van der Waals surface area contributed by atoms with E-state index in [1.54, 1.807) is 24.6 Å². The van der Waals surface area contributed by atoms with Gasteiger partial charge in [-0.05, 0) is 25.0 Å². The molecule has 0 saturated heterocycles. The highest BCUT2D eigenvalue weighted by Gasteiger charge is 2.15. The van der Waals surface area contributed by atoms with Gasteiger partial charge >= 0.3 is 0 Å². The molecular formula is C16H17N3OS. The molecule has 0 aliphatic heterocycles. The van der Waals surface area contributed by atoms with Crippen molar-refractivity contribution in [3.05, 3.63) is 42.2 Å². The lowest BCUT2D eigenvalue weighted by atomic mass is 10.1. The average Bonchev–Trinajstić information content (AvgIpc) is 2.84. The van der Waals surface area contributed by atoms with Crippen molar-refractivity contribution in [2.45, 2.75) is 20.0 Å². The summed E-state index contributed by atoms with van der Waals surface area (Å²) in [6.07, 6.45) is 1.15. The zero-order valence-corrected chi connectivity index (χ0v) is 12.8. The summed E-state index contributed by atoms with van der Waals surface area (Å²) in [6.45, 7) is 4.32. The van der Waals surface area contributed by atoms with Crippen LogP contribution in [0.5, 0.6) is 0 Å². The lowest BCUT2D eigenvalue weighted by Gasteiger charge is -2.08. The maximum absolute atomic E-state index is 9.43. The third-order valence-electron chi connectivity index (χ3n) is 3.33. The van der Waals surface area contributed by atoms with Crippen molar-refractivity contribution >= 4 is 27.4 Å². The Hall–Kier alpha value is -1.98. The van der Waals surface area contributed by atoms with Crippen molar-refractivity contribution in [1.82, 2.24) is 9.97 Å². The molecular weight excluding hydrogens is 282 g/mol. The van der Waals surface area contributed by atoms with Crippen LogP contribution in [0.25, 0.3) is 20.7 Å². The van der Waals surface area contributed by atoms with E-state index in [2.05, 4.69) is 34.3 Å². The van der Waals surface area contributed by atoms with Crippen LogP contribution >= 0.6 is 11.3 Å². The minimum atomic E-state index is -0.414. The highest BCUT2D eigenvalue weighted by molar-refractivity contribution is 7.22. The summed E-state index contributed by atoms with van der Waals surface area (Å²) < 4.78 is 0. The molecule has 0 saturated carbocycles. The summed E-state index contributed by atoms with van der Waals surface area (Å²) in [5, 5.41) is 13.7. The fourth-order valence-electron chi connectivity index (χ4n) is 2.31. The summed E-state index contributed by atoms with van der Waals surface area (Å²) >= 11 is 1.67. The van der Waals surface area contributed by atoms with Crippen LogP contribution in [0.2, 0.25) is 0 Å². The van der Waals surface area contributed by atoms with Crippen molar-refractivity contribution < 1.29 is 5.11 Å². The molecule has 4 nitrogen and oxygen atoms in total. The van der Waals surface area contributed by atoms with Crippen molar-refractivity contribution in [3.8, 4) is 10.4 Å². The Labute approximate surface area is 127 Å². The van der Waals surface area contributed by atoms with Gasteiger partial charge in [-0.3, -0.25) is 0 Å². The SMILES string of the molecule is Cc1c(-c2ccccc2)sc2ncnc(NC[C@@H](C)O)c12. The molecule has 0 bridgehead atoms. The number of nitrogens with zero attached hydrogens (tertiary/aromatic N) is 2. The van der Waals surface area contributed by atoms with Gasteiger partial charge in [0.15, 0.2) is 0 Å². The van der Waals surface area contributed by atoms with E-state index in [1.165, 1.54) is 16.0 Å². The first-order valence-corrected chi connectivity index (χ1v) is 7.70. The Morgan fingerprint density at radius 3 is 2.71 bits per heavy atom. The van der Waals surface area contributed by atoms with Crippen molar-refractivity contribution in [2.75, 3.05) is 11.9 Å². The Kier molecular flexibility index (Phi) is 3.86. The number of rotatable bonds is 4. The molecule has 0 fully saturated rings. The third-order valence-corrected chi connectivity index (χ3v) is 4.58. The Bertz CT molecular complexity index is 753. The number of aryl methyl sites for hydroxylation is 1. The number of benzene rings is 1. The first kappa shape index (κ1) is 14.0. The smallest absolute Gasteiger partial charge is 0.138 e. The Morgan fingerprint density at radius 1 is 1.24 bits per heavy atom. The van der Waals surface area contributed by atoms with Gasteiger partial charge in [0, 0.05) is 11.4 Å². The van der Waals surface area contributed by atoms with Crippen molar-refractivity contribution in [3.63, 3.8) is 0 Å². The van der Waals surface area contributed by atoms with Gasteiger partial charge in [0.1, 0.15) is 17.0 Å². The lowest BCUT2D eigenvalue weighted by molar-refractivity contribution is 0.208. The van der Waals surface area contributed by atoms with Crippen molar-refractivity contribution in [1.29, 1.82) is 0 Å². The highest BCUT2D eigenvalue weighted by Crippen LogP contribution is 2.39. The molecule has 108 valence electrons. The molecule has 3 rings (SSSR count). The summed E-state index contributed by atoms with van der Waals surface area (Å²) in [5.74, 6) is 0.789. The van der Waals surface area contributed by atoms with Crippen LogP contribution in [-0.4, -0.2) is 27.7 Å². The zero-order valence-electron chi connectivity index (χ0n) is 12.0. The molecule has 5 heteroatoms. The zero-order chi connectivity index (χ0) is 14.8. The predicted molar refractivity (Wildman–Crippen MR) is 87.8 cm³/mol. The number of thiophene rings is 1. The predicted octanol–water partition coefficient (Wildman–Crippen LogP) is 3.46. The maximum atomic E-state index is 9.43. The van der Waals surface area contributed by atoms with Crippen LogP contribution in [0.15, 0.2) is 36.7 Å². The van der Waals surface area contributed by atoms with E-state index in [0.29, 0.717) is 6.54 Å². The second-order valence-corrected chi connectivity index (χ2v) is 6.05. The topological polar surface area (TPSA) is 58.0 Å².